The summed E-state index contributed by atoms with van der Waals surface area (Å²) in [6.07, 6.45) is -2.56. The van der Waals surface area contributed by atoms with E-state index in [2.05, 4.69) is 0 Å². The Labute approximate surface area is 116 Å². The lowest BCUT2D eigenvalue weighted by Gasteiger charge is -2.19. The molecule has 120 valence electrons. The zero-order valence-corrected chi connectivity index (χ0v) is 10.6. The van der Waals surface area contributed by atoms with Crippen molar-refractivity contribution in [3.8, 4) is 0 Å². The highest BCUT2D eigenvalue weighted by Crippen LogP contribution is 2.20. The van der Waals surface area contributed by atoms with Gasteiger partial charge in [0.1, 0.15) is 6.04 Å². The lowest BCUT2D eigenvalue weighted by molar-refractivity contribution is -0.166. The Morgan fingerprint density at radius 1 is 1.14 bits per heavy atom. The second kappa shape index (κ2) is 7.47. The molecule has 6 N–H and O–H groups in total. The van der Waals surface area contributed by atoms with Crippen LogP contribution < -0.4 is 11.1 Å². The molecule has 2 atom stereocenters. The highest BCUT2D eigenvalue weighted by Gasteiger charge is 2.42. The summed E-state index contributed by atoms with van der Waals surface area (Å²) >= 11 is 0. The molecule has 1 amide bonds. The topological polar surface area (TPSA) is 167 Å². The van der Waals surface area contributed by atoms with E-state index in [1.165, 1.54) is 0 Å². The second-order valence-electron chi connectivity index (χ2n) is 4.15. The van der Waals surface area contributed by atoms with Crippen LogP contribution in [0.25, 0.3) is 0 Å². The highest BCUT2D eigenvalue weighted by atomic mass is 19.3. The van der Waals surface area contributed by atoms with Crippen LogP contribution in [0.15, 0.2) is 0 Å². The SMILES string of the molecule is N[C@@H](CC(F)(F)C(=O)O)C(=O)N[C@@H](CCC(=O)O)C(=O)O. The molecule has 0 saturated carbocycles. The van der Waals surface area contributed by atoms with Gasteiger partial charge in [0, 0.05) is 12.8 Å². The number of amides is 1. The first-order valence-corrected chi connectivity index (χ1v) is 5.59. The second-order valence-corrected chi connectivity index (χ2v) is 4.15. The monoisotopic (exact) mass is 312 g/mol. The molecule has 9 nitrogen and oxygen atoms in total. The molecule has 0 saturated heterocycles. The van der Waals surface area contributed by atoms with Crippen molar-refractivity contribution >= 4 is 23.8 Å². The third-order valence-corrected chi connectivity index (χ3v) is 2.39. The third-order valence-electron chi connectivity index (χ3n) is 2.39. The van der Waals surface area contributed by atoms with E-state index in [9.17, 15) is 28.0 Å². The fraction of sp³-hybridized carbons (Fsp3) is 0.600. The van der Waals surface area contributed by atoms with Gasteiger partial charge < -0.3 is 26.4 Å². The summed E-state index contributed by atoms with van der Waals surface area (Å²) in [5.41, 5.74) is 5.08. The normalized spacial score (nSPS) is 14.0. The van der Waals surface area contributed by atoms with Crippen molar-refractivity contribution in [1.29, 1.82) is 0 Å². The number of carboxylic acids is 3. The minimum atomic E-state index is -4.24. The van der Waals surface area contributed by atoms with Crippen molar-refractivity contribution in [2.24, 2.45) is 5.73 Å². The first-order valence-electron chi connectivity index (χ1n) is 5.59. The Morgan fingerprint density at radius 3 is 2.05 bits per heavy atom. The molecule has 0 aromatic carbocycles. The maximum Gasteiger partial charge on any atom is 0.374 e. The van der Waals surface area contributed by atoms with Gasteiger partial charge in [-0.1, -0.05) is 0 Å². The van der Waals surface area contributed by atoms with E-state index in [0.717, 1.165) is 0 Å². The number of carboxylic acid groups (broad SMARTS) is 3. The zero-order valence-electron chi connectivity index (χ0n) is 10.6. The van der Waals surface area contributed by atoms with Crippen LogP contribution in [0.1, 0.15) is 19.3 Å². The number of hydrogen-bond acceptors (Lipinski definition) is 5. The number of carbonyl (C=O) groups excluding carboxylic acids is 1. The third kappa shape index (κ3) is 6.61. The van der Waals surface area contributed by atoms with Crippen molar-refractivity contribution in [3.05, 3.63) is 0 Å². The molecular weight excluding hydrogens is 298 g/mol. The number of nitrogens with one attached hydrogen (secondary N) is 1. The molecule has 0 aromatic heterocycles. The Hall–Kier alpha value is -2.30. The Bertz CT molecular complexity index is 441. The fourth-order valence-corrected chi connectivity index (χ4v) is 1.26. The van der Waals surface area contributed by atoms with Crippen LogP contribution in [0, 0.1) is 0 Å². The summed E-state index contributed by atoms with van der Waals surface area (Å²) in [5.74, 6) is -10.9. The lowest BCUT2D eigenvalue weighted by Crippen LogP contribution is -2.51. The molecule has 0 aliphatic rings. The van der Waals surface area contributed by atoms with Crippen LogP contribution in [0.4, 0.5) is 8.78 Å². The molecule has 11 heteroatoms. The summed E-state index contributed by atoms with van der Waals surface area (Å²) < 4.78 is 25.7. The van der Waals surface area contributed by atoms with Gasteiger partial charge in [-0.2, -0.15) is 8.78 Å². The molecule has 0 unspecified atom stereocenters. The Kier molecular flexibility index (Phi) is 6.66. The van der Waals surface area contributed by atoms with Gasteiger partial charge in [0.2, 0.25) is 5.91 Å². The minimum absolute atomic E-state index is 0.474. The van der Waals surface area contributed by atoms with Gasteiger partial charge in [0.05, 0.1) is 6.04 Å². The lowest BCUT2D eigenvalue weighted by atomic mass is 10.1. The van der Waals surface area contributed by atoms with Gasteiger partial charge >= 0.3 is 23.8 Å². The fourth-order valence-electron chi connectivity index (χ4n) is 1.26. The highest BCUT2D eigenvalue weighted by molar-refractivity contribution is 5.88. The van der Waals surface area contributed by atoms with Crippen LogP contribution in [0.3, 0.4) is 0 Å². The molecular formula is C10H14F2N2O7. The molecule has 0 bridgehead atoms. The minimum Gasteiger partial charge on any atom is -0.481 e. The van der Waals surface area contributed by atoms with E-state index in [0.29, 0.717) is 0 Å². The van der Waals surface area contributed by atoms with E-state index >= 15 is 0 Å². The van der Waals surface area contributed by atoms with Gasteiger partial charge in [0.25, 0.3) is 0 Å². The summed E-state index contributed by atoms with van der Waals surface area (Å²) in [6.45, 7) is 0. The van der Waals surface area contributed by atoms with Crippen molar-refractivity contribution < 1.29 is 43.3 Å². The molecule has 21 heavy (non-hydrogen) atoms. The number of carbonyl (C=O) groups is 4. The van der Waals surface area contributed by atoms with E-state index in [1.54, 1.807) is 5.32 Å². The van der Waals surface area contributed by atoms with Gasteiger partial charge in [-0.05, 0) is 6.42 Å². The average molecular weight is 312 g/mol. The van der Waals surface area contributed by atoms with E-state index in [1.807, 2.05) is 0 Å². The number of aliphatic carboxylic acids is 3. The van der Waals surface area contributed by atoms with Crippen molar-refractivity contribution in [3.63, 3.8) is 0 Å². The van der Waals surface area contributed by atoms with Gasteiger partial charge in [0.15, 0.2) is 0 Å². The molecule has 0 rings (SSSR count). The zero-order chi connectivity index (χ0) is 16.8. The van der Waals surface area contributed by atoms with Crippen LogP contribution in [0.2, 0.25) is 0 Å². The van der Waals surface area contributed by atoms with Crippen molar-refractivity contribution in [2.75, 3.05) is 0 Å². The molecule has 0 radical (unpaired) electrons. The number of nitrogens with two attached hydrogens (primary N) is 1. The van der Waals surface area contributed by atoms with E-state index in [4.69, 9.17) is 21.1 Å². The molecule has 0 heterocycles. The molecule has 0 spiro atoms. The van der Waals surface area contributed by atoms with Crippen LogP contribution in [-0.2, 0) is 19.2 Å². The number of hydrogen-bond donors (Lipinski definition) is 5. The van der Waals surface area contributed by atoms with E-state index < -0.39 is 61.1 Å². The first-order chi connectivity index (χ1) is 9.47. The Balaban J connectivity index is 4.65. The van der Waals surface area contributed by atoms with Crippen LogP contribution >= 0.6 is 0 Å². The van der Waals surface area contributed by atoms with Crippen molar-refractivity contribution in [1.82, 2.24) is 5.32 Å². The number of halogens is 2. The van der Waals surface area contributed by atoms with E-state index in [-0.39, 0.29) is 0 Å². The van der Waals surface area contributed by atoms with Crippen molar-refractivity contribution in [2.45, 2.75) is 37.3 Å². The molecule has 0 aliphatic carbocycles. The quantitative estimate of drug-likeness (QED) is 0.356. The predicted molar refractivity (Wildman–Crippen MR) is 61.6 cm³/mol. The smallest absolute Gasteiger partial charge is 0.374 e. The van der Waals surface area contributed by atoms with Gasteiger partial charge in [-0.15, -0.1) is 0 Å². The molecule has 0 aliphatic heterocycles. The predicted octanol–water partition coefficient (Wildman–Crippen LogP) is -1.14. The maximum absolute atomic E-state index is 12.9. The number of alkyl halides is 2. The molecule has 0 fully saturated rings. The van der Waals surface area contributed by atoms with Gasteiger partial charge in [-0.25, -0.2) is 9.59 Å². The standard InChI is InChI=1S/C10H14F2N2O7/c11-10(12,9(20)21)3-4(13)7(17)14-5(8(18)19)1-2-6(15)16/h4-5H,1-3,13H2,(H,14,17)(H,15,16)(H,18,19)(H,20,21)/t4-,5-/m0/s1. The Morgan fingerprint density at radius 2 is 1.67 bits per heavy atom. The van der Waals surface area contributed by atoms with Crippen LogP contribution in [0.5, 0.6) is 0 Å². The van der Waals surface area contributed by atoms with Crippen LogP contribution in [-0.4, -0.2) is 57.1 Å². The summed E-state index contributed by atoms with van der Waals surface area (Å²) in [7, 11) is 0. The van der Waals surface area contributed by atoms with Gasteiger partial charge in [-0.3, -0.25) is 9.59 Å². The first kappa shape index (κ1) is 18.7. The summed E-state index contributed by atoms with van der Waals surface area (Å²) in [5, 5.41) is 27.1. The number of rotatable bonds is 9. The maximum atomic E-state index is 12.9. The average Bonchev–Trinajstić information content (AvgIpc) is 2.32. The largest absolute Gasteiger partial charge is 0.481 e. The summed E-state index contributed by atoms with van der Waals surface area (Å²) in [4.78, 5) is 42.7. The molecule has 0 aromatic rings. The summed E-state index contributed by atoms with van der Waals surface area (Å²) in [6, 6.07) is -3.58.